The second-order valence-corrected chi connectivity index (χ2v) is 3.61. The highest BCUT2D eigenvalue weighted by Gasteiger charge is 2.36. The Hall–Kier alpha value is -1.03. The van der Waals surface area contributed by atoms with E-state index < -0.39 is 24.3 Å². The number of hydrogen-bond donors (Lipinski definition) is 1. The van der Waals surface area contributed by atoms with E-state index in [0.29, 0.717) is 6.42 Å². The molecular weight excluding hydrogens is 217 g/mol. The fourth-order valence-electron chi connectivity index (χ4n) is 1.70. The van der Waals surface area contributed by atoms with Crippen LogP contribution in [0, 0.1) is 6.92 Å². The van der Waals surface area contributed by atoms with Crippen molar-refractivity contribution in [3.63, 3.8) is 0 Å². The lowest BCUT2D eigenvalue weighted by molar-refractivity contribution is -0.139. The van der Waals surface area contributed by atoms with Crippen LogP contribution in [-0.4, -0.2) is 11.7 Å². The van der Waals surface area contributed by atoms with Gasteiger partial charge in [-0.25, -0.2) is 0 Å². The molecule has 0 aliphatic rings. The maximum absolute atomic E-state index is 12.9. The van der Waals surface area contributed by atoms with Crippen LogP contribution in [0.15, 0.2) is 18.2 Å². The van der Waals surface area contributed by atoms with Crippen LogP contribution in [-0.2, 0) is 12.6 Å². The second-order valence-electron chi connectivity index (χ2n) is 3.61. The Bertz CT molecular complexity index is 358. The van der Waals surface area contributed by atoms with Crippen LogP contribution in [0.5, 0.6) is 0 Å². The monoisotopic (exact) mass is 231 g/mol. The molecule has 0 aliphatic heterocycles. The molecule has 1 aromatic carbocycles. The normalized spacial score (nSPS) is 13.9. The molecule has 4 heteroatoms. The molecule has 0 fully saturated rings. The number of alkyl halides is 3. The Morgan fingerprint density at radius 2 is 2.00 bits per heavy atom. The quantitative estimate of drug-likeness (QED) is 0.847. The van der Waals surface area contributed by atoms with Crippen LogP contribution in [0.25, 0.3) is 0 Å². The Morgan fingerprint density at radius 3 is 2.44 bits per heavy atom. The summed E-state index contributed by atoms with van der Waals surface area (Å²) in [6.45, 7) is 4.81. The molecular formula is C12H14F3O. The summed E-state index contributed by atoms with van der Waals surface area (Å²) in [5.41, 5.74) is -0.340. The van der Waals surface area contributed by atoms with E-state index in [1.54, 1.807) is 13.0 Å². The lowest BCUT2D eigenvalue weighted by Crippen LogP contribution is -2.15. The summed E-state index contributed by atoms with van der Waals surface area (Å²) in [6.07, 6.45) is -4.09. The SMILES string of the molecule is [CH2]C(CO)c1cccc(CC)c1C(F)(F)F. The lowest BCUT2D eigenvalue weighted by Gasteiger charge is -2.19. The number of hydrogen-bond acceptors (Lipinski definition) is 1. The number of benzene rings is 1. The summed E-state index contributed by atoms with van der Waals surface area (Å²) in [5, 5.41) is 8.91. The first-order chi connectivity index (χ1) is 7.41. The third-order valence-electron chi connectivity index (χ3n) is 2.51. The Labute approximate surface area is 92.9 Å². The number of rotatable bonds is 3. The van der Waals surface area contributed by atoms with Crippen LogP contribution in [0.4, 0.5) is 13.2 Å². The van der Waals surface area contributed by atoms with E-state index in [2.05, 4.69) is 6.92 Å². The van der Waals surface area contributed by atoms with Crippen molar-refractivity contribution in [3.8, 4) is 0 Å². The van der Waals surface area contributed by atoms with Crippen LogP contribution in [0.1, 0.15) is 29.5 Å². The molecule has 1 radical (unpaired) electrons. The molecule has 1 rings (SSSR count). The minimum Gasteiger partial charge on any atom is -0.396 e. The fraction of sp³-hybridized carbons (Fsp3) is 0.417. The van der Waals surface area contributed by atoms with Gasteiger partial charge < -0.3 is 5.11 Å². The van der Waals surface area contributed by atoms with Gasteiger partial charge in [-0.15, -0.1) is 0 Å². The summed E-state index contributed by atoms with van der Waals surface area (Å²) in [6, 6.07) is 4.39. The van der Waals surface area contributed by atoms with Crippen molar-refractivity contribution in [2.45, 2.75) is 25.4 Å². The third-order valence-corrected chi connectivity index (χ3v) is 2.51. The zero-order chi connectivity index (χ0) is 12.3. The molecule has 1 aromatic rings. The average molecular weight is 231 g/mol. The smallest absolute Gasteiger partial charge is 0.396 e. The minimum atomic E-state index is -4.40. The molecule has 0 spiro atoms. The van der Waals surface area contributed by atoms with Crippen molar-refractivity contribution >= 4 is 0 Å². The number of halogens is 3. The molecule has 1 N–H and O–H groups in total. The summed E-state index contributed by atoms with van der Waals surface area (Å²) in [5.74, 6) is -0.747. The molecule has 0 aromatic heterocycles. The van der Waals surface area contributed by atoms with Gasteiger partial charge >= 0.3 is 6.18 Å². The summed E-state index contributed by atoms with van der Waals surface area (Å²) >= 11 is 0. The molecule has 0 aliphatic carbocycles. The Kier molecular flexibility index (Phi) is 3.97. The third kappa shape index (κ3) is 2.55. The van der Waals surface area contributed by atoms with Crippen molar-refractivity contribution in [1.29, 1.82) is 0 Å². The van der Waals surface area contributed by atoms with Gasteiger partial charge in [0, 0.05) is 12.5 Å². The van der Waals surface area contributed by atoms with E-state index in [9.17, 15) is 13.2 Å². The molecule has 0 saturated carbocycles. The Morgan fingerprint density at radius 1 is 1.38 bits per heavy atom. The van der Waals surface area contributed by atoms with E-state index in [4.69, 9.17) is 5.11 Å². The van der Waals surface area contributed by atoms with Gasteiger partial charge in [-0.1, -0.05) is 25.1 Å². The highest BCUT2D eigenvalue weighted by atomic mass is 19.4. The van der Waals surface area contributed by atoms with E-state index >= 15 is 0 Å². The maximum atomic E-state index is 12.9. The maximum Gasteiger partial charge on any atom is 0.416 e. The average Bonchev–Trinajstić information content (AvgIpc) is 2.25. The van der Waals surface area contributed by atoms with Crippen LogP contribution in [0.3, 0.4) is 0 Å². The first-order valence-electron chi connectivity index (χ1n) is 5.04. The molecule has 1 nitrogen and oxygen atoms in total. The summed E-state index contributed by atoms with van der Waals surface area (Å²) in [4.78, 5) is 0. The summed E-state index contributed by atoms with van der Waals surface area (Å²) < 4.78 is 38.6. The first kappa shape index (κ1) is 13.0. The molecule has 0 saturated heterocycles. The lowest BCUT2D eigenvalue weighted by atomic mass is 9.91. The highest BCUT2D eigenvalue weighted by molar-refractivity contribution is 5.40. The predicted molar refractivity (Wildman–Crippen MR) is 56.0 cm³/mol. The van der Waals surface area contributed by atoms with Gasteiger partial charge in [-0.2, -0.15) is 13.2 Å². The molecule has 0 amide bonds. The van der Waals surface area contributed by atoms with Crippen molar-refractivity contribution in [2.75, 3.05) is 6.61 Å². The molecule has 16 heavy (non-hydrogen) atoms. The van der Waals surface area contributed by atoms with Gasteiger partial charge in [-0.05, 0) is 24.5 Å². The van der Waals surface area contributed by atoms with Crippen molar-refractivity contribution in [1.82, 2.24) is 0 Å². The van der Waals surface area contributed by atoms with Crippen molar-refractivity contribution in [2.24, 2.45) is 0 Å². The van der Waals surface area contributed by atoms with Crippen LogP contribution < -0.4 is 0 Å². The standard InChI is InChI=1S/C12H14F3O/c1-3-9-5-4-6-10(8(2)7-16)11(9)12(13,14)15/h4-6,8,16H,2-3,7H2,1H3. The molecule has 0 bridgehead atoms. The molecule has 1 atom stereocenters. The van der Waals surface area contributed by atoms with Gasteiger partial charge in [0.15, 0.2) is 0 Å². The predicted octanol–water partition coefficient (Wildman–Crippen LogP) is 3.18. The zero-order valence-electron chi connectivity index (χ0n) is 9.01. The van der Waals surface area contributed by atoms with Gasteiger partial charge in [0.1, 0.15) is 0 Å². The number of aliphatic hydroxyl groups is 1. The van der Waals surface area contributed by atoms with Gasteiger partial charge in [0.2, 0.25) is 0 Å². The van der Waals surface area contributed by atoms with Crippen LogP contribution in [0.2, 0.25) is 0 Å². The largest absolute Gasteiger partial charge is 0.416 e. The number of aliphatic hydroxyl groups excluding tert-OH is 1. The van der Waals surface area contributed by atoms with Crippen LogP contribution >= 0.6 is 0 Å². The zero-order valence-corrected chi connectivity index (χ0v) is 9.01. The second kappa shape index (κ2) is 4.87. The highest BCUT2D eigenvalue weighted by Crippen LogP contribution is 2.37. The van der Waals surface area contributed by atoms with E-state index in [0.717, 1.165) is 0 Å². The fourth-order valence-corrected chi connectivity index (χ4v) is 1.70. The number of aryl methyl sites for hydroxylation is 1. The van der Waals surface area contributed by atoms with Gasteiger partial charge in [0.05, 0.1) is 5.56 Å². The van der Waals surface area contributed by atoms with E-state index in [-0.39, 0.29) is 11.1 Å². The van der Waals surface area contributed by atoms with Gasteiger partial charge in [-0.3, -0.25) is 0 Å². The van der Waals surface area contributed by atoms with E-state index in [1.807, 2.05) is 0 Å². The first-order valence-corrected chi connectivity index (χ1v) is 5.04. The molecule has 1 unspecified atom stereocenters. The van der Waals surface area contributed by atoms with Crippen molar-refractivity contribution in [3.05, 3.63) is 41.8 Å². The minimum absolute atomic E-state index is 0.0642. The summed E-state index contributed by atoms with van der Waals surface area (Å²) in [7, 11) is 0. The molecule has 89 valence electrons. The molecule has 0 heterocycles. The topological polar surface area (TPSA) is 20.2 Å². The van der Waals surface area contributed by atoms with E-state index in [1.165, 1.54) is 12.1 Å². The van der Waals surface area contributed by atoms with Gasteiger partial charge in [0.25, 0.3) is 0 Å². The Balaban J connectivity index is 3.38. The van der Waals surface area contributed by atoms with Crippen molar-refractivity contribution < 1.29 is 18.3 Å².